The lowest BCUT2D eigenvalue weighted by Crippen LogP contribution is -2.41. The van der Waals surface area contributed by atoms with E-state index in [0.29, 0.717) is 18.2 Å². The molecule has 3 atom stereocenters. The molecule has 0 saturated carbocycles. The van der Waals surface area contributed by atoms with Gasteiger partial charge in [0.15, 0.2) is 0 Å². The molecule has 2 aliphatic heterocycles. The molecule has 0 aliphatic carbocycles. The fourth-order valence-electron chi connectivity index (χ4n) is 3.91. The maximum absolute atomic E-state index is 6.60. The summed E-state index contributed by atoms with van der Waals surface area (Å²) in [4.78, 5) is 0. The van der Waals surface area contributed by atoms with Crippen LogP contribution in [-0.2, 0) is 4.74 Å². The summed E-state index contributed by atoms with van der Waals surface area (Å²) in [6.45, 7) is 0. The third-order valence-corrected chi connectivity index (χ3v) is 4.96. The Morgan fingerprint density at radius 3 is 1.77 bits per heavy atom. The van der Waals surface area contributed by atoms with Gasteiger partial charge in [-0.2, -0.15) is 0 Å². The average molecular weight is 293 g/mol. The smallest absolute Gasteiger partial charge is 0.108 e. The van der Waals surface area contributed by atoms with Crippen molar-refractivity contribution in [2.24, 2.45) is 0 Å². The second-order valence-electron chi connectivity index (χ2n) is 6.57. The molecule has 1 N–H and O–H groups in total. The first-order valence-electron chi connectivity index (χ1n) is 8.40. The van der Waals surface area contributed by atoms with Gasteiger partial charge < -0.3 is 10.1 Å². The molecule has 22 heavy (non-hydrogen) atoms. The standard InChI is InChI=1S/C20H23NO/c1-3-7-15(8-4-1)20(16-9-5-2-6-10-16)22-19-13-17-11-12-18(14-19)21-17/h1-10,17-21H,11-14H2/t17-,18+,19?. The van der Waals surface area contributed by atoms with Crippen LogP contribution in [0.5, 0.6) is 0 Å². The summed E-state index contributed by atoms with van der Waals surface area (Å²) in [7, 11) is 0. The average Bonchev–Trinajstić information content (AvgIpc) is 2.93. The predicted molar refractivity (Wildman–Crippen MR) is 88.8 cm³/mol. The summed E-state index contributed by atoms with van der Waals surface area (Å²) in [6.07, 6.45) is 5.32. The molecule has 2 fully saturated rings. The molecule has 0 amide bonds. The van der Waals surface area contributed by atoms with Gasteiger partial charge >= 0.3 is 0 Å². The molecule has 0 spiro atoms. The quantitative estimate of drug-likeness (QED) is 0.917. The zero-order chi connectivity index (χ0) is 14.8. The Hall–Kier alpha value is -1.64. The number of rotatable bonds is 4. The van der Waals surface area contributed by atoms with E-state index < -0.39 is 0 Å². The van der Waals surface area contributed by atoms with Gasteiger partial charge in [0.2, 0.25) is 0 Å². The van der Waals surface area contributed by atoms with Gasteiger partial charge in [-0.15, -0.1) is 0 Å². The summed E-state index contributed by atoms with van der Waals surface area (Å²) in [5.74, 6) is 0. The number of fused-ring (bicyclic) bond motifs is 2. The van der Waals surface area contributed by atoms with Crippen molar-refractivity contribution >= 4 is 0 Å². The van der Waals surface area contributed by atoms with Gasteiger partial charge in [-0.05, 0) is 36.8 Å². The molecule has 2 aromatic carbocycles. The largest absolute Gasteiger partial charge is 0.365 e. The fourth-order valence-corrected chi connectivity index (χ4v) is 3.91. The van der Waals surface area contributed by atoms with E-state index >= 15 is 0 Å². The summed E-state index contributed by atoms with van der Waals surface area (Å²) in [5, 5.41) is 3.69. The van der Waals surface area contributed by atoms with Crippen molar-refractivity contribution in [1.82, 2.24) is 5.32 Å². The van der Waals surface area contributed by atoms with E-state index in [0.717, 1.165) is 12.8 Å². The number of benzene rings is 2. The predicted octanol–water partition coefficient (Wildman–Crippen LogP) is 4.08. The number of hydrogen-bond acceptors (Lipinski definition) is 2. The summed E-state index contributed by atoms with van der Waals surface area (Å²) < 4.78 is 6.60. The highest BCUT2D eigenvalue weighted by Gasteiger charge is 2.35. The zero-order valence-corrected chi connectivity index (χ0v) is 12.8. The number of hydrogen-bond donors (Lipinski definition) is 1. The van der Waals surface area contributed by atoms with Gasteiger partial charge in [0.05, 0.1) is 6.10 Å². The number of ether oxygens (including phenoxy) is 1. The lowest BCUT2D eigenvalue weighted by Gasteiger charge is -2.32. The van der Waals surface area contributed by atoms with Crippen molar-refractivity contribution in [3.8, 4) is 0 Å². The Balaban J connectivity index is 1.58. The molecule has 2 heterocycles. The van der Waals surface area contributed by atoms with Gasteiger partial charge in [-0.25, -0.2) is 0 Å². The Morgan fingerprint density at radius 1 is 0.773 bits per heavy atom. The van der Waals surface area contributed by atoms with Crippen LogP contribution in [0, 0.1) is 0 Å². The highest BCUT2D eigenvalue weighted by atomic mass is 16.5. The topological polar surface area (TPSA) is 21.3 Å². The number of piperidine rings is 1. The Morgan fingerprint density at radius 2 is 1.27 bits per heavy atom. The molecule has 2 nitrogen and oxygen atoms in total. The van der Waals surface area contributed by atoms with E-state index in [2.05, 4.69) is 66.0 Å². The van der Waals surface area contributed by atoms with E-state index in [-0.39, 0.29) is 6.10 Å². The molecule has 114 valence electrons. The van der Waals surface area contributed by atoms with Crippen LogP contribution < -0.4 is 5.32 Å². The van der Waals surface area contributed by atoms with Crippen LogP contribution in [0.25, 0.3) is 0 Å². The molecule has 1 unspecified atom stereocenters. The Labute approximate surface area is 132 Å². The summed E-state index contributed by atoms with van der Waals surface area (Å²) in [5.41, 5.74) is 2.50. The van der Waals surface area contributed by atoms with Gasteiger partial charge in [0, 0.05) is 12.1 Å². The maximum Gasteiger partial charge on any atom is 0.108 e. The molecule has 2 heteroatoms. The van der Waals surface area contributed by atoms with Gasteiger partial charge in [-0.3, -0.25) is 0 Å². The molecule has 0 aromatic heterocycles. The molecule has 2 aromatic rings. The fraction of sp³-hybridized carbons (Fsp3) is 0.400. The van der Waals surface area contributed by atoms with Crippen molar-refractivity contribution in [2.45, 2.75) is 50.0 Å². The normalized spacial score (nSPS) is 27.2. The lowest BCUT2D eigenvalue weighted by molar-refractivity contribution is -0.0181. The Kier molecular flexibility index (Phi) is 3.96. The van der Waals surface area contributed by atoms with Crippen LogP contribution in [0.2, 0.25) is 0 Å². The first kappa shape index (κ1) is 14.0. The van der Waals surface area contributed by atoms with Crippen molar-refractivity contribution in [1.29, 1.82) is 0 Å². The highest BCUT2D eigenvalue weighted by Crippen LogP contribution is 2.34. The van der Waals surface area contributed by atoms with E-state index in [4.69, 9.17) is 4.74 Å². The van der Waals surface area contributed by atoms with Gasteiger partial charge in [-0.1, -0.05) is 60.7 Å². The molecule has 4 rings (SSSR count). The molecular formula is C20H23NO. The van der Waals surface area contributed by atoms with Gasteiger partial charge in [0.25, 0.3) is 0 Å². The van der Waals surface area contributed by atoms with E-state index in [1.807, 2.05) is 0 Å². The highest BCUT2D eigenvalue weighted by molar-refractivity contribution is 5.30. The monoisotopic (exact) mass is 293 g/mol. The third kappa shape index (κ3) is 2.94. The number of nitrogens with one attached hydrogen (secondary N) is 1. The lowest BCUT2D eigenvalue weighted by atomic mass is 9.98. The van der Waals surface area contributed by atoms with Crippen LogP contribution in [-0.4, -0.2) is 18.2 Å². The van der Waals surface area contributed by atoms with Crippen LogP contribution in [0.4, 0.5) is 0 Å². The van der Waals surface area contributed by atoms with Crippen molar-refractivity contribution in [3.05, 3.63) is 71.8 Å². The second kappa shape index (κ2) is 6.23. The van der Waals surface area contributed by atoms with E-state index in [9.17, 15) is 0 Å². The molecular weight excluding hydrogens is 270 g/mol. The van der Waals surface area contributed by atoms with Crippen LogP contribution >= 0.6 is 0 Å². The van der Waals surface area contributed by atoms with Crippen molar-refractivity contribution < 1.29 is 4.74 Å². The van der Waals surface area contributed by atoms with Crippen LogP contribution in [0.3, 0.4) is 0 Å². The minimum Gasteiger partial charge on any atom is -0.365 e. The SMILES string of the molecule is c1ccc(C(OC2C[C@H]3CC[C@@H](C2)N3)c2ccccc2)cc1. The second-order valence-corrected chi connectivity index (χ2v) is 6.57. The minimum absolute atomic E-state index is 0.0462. The van der Waals surface area contributed by atoms with E-state index in [1.165, 1.54) is 24.0 Å². The third-order valence-electron chi connectivity index (χ3n) is 4.96. The van der Waals surface area contributed by atoms with Crippen LogP contribution in [0.1, 0.15) is 42.9 Å². The first-order chi connectivity index (χ1) is 10.9. The van der Waals surface area contributed by atoms with Crippen molar-refractivity contribution in [2.75, 3.05) is 0 Å². The summed E-state index contributed by atoms with van der Waals surface area (Å²) >= 11 is 0. The summed E-state index contributed by atoms with van der Waals surface area (Å²) in [6, 6.07) is 22.5. The molecule has 2 bridgehead atoms. The maximum atomic E-state index is 6.60. The molecule has 2 aliphatic rings. The van der Waals surface area contributed by atoms with E-state index in [1.54, 1.807) is 0 Å². The zero-order valence-electron chi connectivity index (χ0n) is 12.8. The minimum atomic E-state index is 0.0462. The van der Waals surface area contributed by atoms with Crippen LogP contribution in [0.15, 0.2) is 60.7 Å². The molecule has 2 saturated heterocycles. The Bertz CT molecular complexity index is 546. The first-order valence-corrected chi connectivity index (χ1v) is 8.40. The van der Waals surface area contributed by atoms with Gasteiger partial charge in [0.1, 0.15) is 6.10 Å². The molecule has 0 radical (unpaired) electrons. The van der Waals surface area contributed by atoms with Crippen molar-refractivity contribution in [3.63, 3.8) is 0 Å².